The van der Waals surface area contributed by atoms with Crippen LogP contribution >= 0.6 is 0 Å². The molecular formula is C17H25N5O2. The van der Waals surface area contributed by atoms with E-state index in [4.69, 9.17) is 0 Å². The van der Waals surface area contributed by atoms with E-state index in [1.54, 1.807) is 6.92 Å². The normalized spacial score (nSPS) is 13.7. The summed E-state index contributed by atoms with van der Waals surface area (Å²) in [6.45, 7) is 6.35. The molecule has 1 aromatic heterocycles. The van der Waals surface area contributed by atoms with E-state index in [-0.39, 0.29) is 18.4 Å². The molecule has 0 aliphatic rings. The van der Waals surface area contributed by atoms with Gasteiger partial charge >= 0.3 is 0 Å². The number of aliphatic hydroxyl groups is 1. The number of hydrogen-bond acceptors (Lipinski definition) is 5. The maximum absolute atomic E-state index is 11.8. The molecule has 0 radical (unpaired) electrons. The van der Waals surface area contributed by atoms with Gasteiger partial charge < -0.3 is 10.4 Å². The van der Waals surface area contributed by atoms with Crippen LogP contribution in [0.1, 0.15) is 33.6 Å². The molecule has 1 unspecified atom stereocenters. The number of amides is 1. The molecule has 7 nitrogen and oxygen atoms in total. The molecule has 130 valence electrons. The number of hydrogen-bond donors (Lipinski definition) is 2. The molecule has 2 N–H and O–H groups in total. The Hall–Kier alpha value is -2.28. The molecule has 2 rings (SSSR count). The summed E-state index contributed by atoms with van der Waals surface area (Å²) in [5.74, 6) is 0.570. The van der Waals surface area contributed by atoms with Gasteiger partial charge in [-0.1, -0.05) is 44.2 Å². The van der Waals surface area contributed by atoms with E-state index >= 15 is 0 Å². The first-order chi connectivity index (χ1) is 11.4. The molecular weight excluding hydrogens is 306 g/mol. The summed E-state index contributed by atoms with van der Waals surface area (Å²) in [5, 5.41) is 25.2. The first kappa shape index (κ1) is 18.1. The highest BCUT2D eigenvalue weighted by molar-refractivity contribution is 5.75. The lowest BCUT2D eigenvalue weighted by atomic mass is 9.92. The van der Waals surface area contributed by atoms with Gasteiger partial charge in [-0.2, -0.15) is 4.80 Å². The summed E-state index contributed by atoms with van der Waals surface area (Å²) in [4.78, 5) is 13.3. The predicted molar refractivity (Wildman–Crippen MR) is 91.0 cm³/mol. The van der Waals surface area contributed by atoms with Crippen molar-refractivity contribution in [1.29, 1.82) is 0 Å². The SMILES string of the molecule is CC(C)C(C)(O)CNC(=O)CCCn1nnc(-c2ccccc2)n1. The monoisotopic (exact) mass is 331 g/mol. The average Bonchev–Trinajstić information content (AvgIpc) is 3.03. The van der Waals surface area contributed by atoms with Gasteiger partial charge in [0.25, 0.3) is 0 Å². The van der Waals surface area contributed by atoms with Crippen molar-refractivity contribution in [2.75, 3.05) is 6.54 Å². The largest absolute Gasteiger partial charge is 0.388 e. The van der Waals surface area contributed by atoms with Crippen LogP contribution in [-0.2, 0) is 11.3 Å². The third kappa shape index (κ3) is 5.13. The Bertz CT molecular complexity index is 652. The molecule has 2 aromatic rings. The summed E-state index contributed by atoms with van der Waals surface area (Å²) in [6, 6.07) is 9.63. The van der Waals surface area contributed by atoms with Crippen LogP contribution in [0.5, 0.6) is 0 Å². The summed E-state index contributed by atoms with van der Waals surface area (Å²) < 4.78 is 0. The van der Waals surface area contributed by atoms with E-state index in [1.165, 1.54) is 4.80 Å². The number of aryl methyl sites for hydroxylation is 1. The Morgan fingerprint density at radius 3 is 2.71 bits per heavy atom. The molecule has 0 aliphatic carbocycles. The van der Waals surface area contributed by atoms with Gasteiger partial charge in [-0.3, -0.25) is 4.79 Å². The van der Waals surface area contributed by atoms with Crippen LogP contribution in [0.4, 0.5) is 0 Å². The van der Waals surface area contributed by atoms with Gasteiger partial charge in [-0.05, 0) is 24.5 Å². The summed E-state index contributed by atoms with van der Waals surface area (Å²) in [7, 11) is 0. The minimum atomic E-state index is -0.895. The second kappa shape index (κ2) is 8.01. The van der Waals surface area contributed by atoms with E-state index in [1.807, 2.05) is 44.2 Å². The molecule has 0 bridgehead atoms. The molecule has 7 heteroatoms. The third-order valence-corrected chi connectivity index (χ3v) is 4.13. The van der Waals surface area contributed by atoms with E-state index < -0.39 is 5.60 Å². The van der Waals surface area contributed by atoms with Crippen molar-refractivity contribution in [1.82, 2.24) is 25.5 Å². The van der Waals surface area contributed by atoms with Gasteiger partial charge in [0.05, 0.1) is 12.1 Å². The van der Waals surface area contributed by atoms with Crippen molar-refractivity contribution in [3.63, 3.8) is 0 Å². The second-order valence-corrected chi connectivity index (χ2v) is 6.47. The van der Waals surface area contributed by atoms with Crippen LogP contribution in [-0.4, -0.2) is 43.4 Å². The highest BCUT2D eigenvalue weighted by Gasteiger charge is 2.25. The lowest BCUT2D eigenvalue weighted by Crippen LogP contribution is -2.44. The highest BCUT2D eigenvalue weighted by Crippen LogP contribution is 2.14. The first-order valence-corrected chi connectivity index (χ1v) is 8.21. The molecule has 1 amide bonds. The molecule has 0 saturated heterocycles. The Morgan fingerprint density at radius 1 is 1.33 bits per heavy atom. The van der Waals surface area contributed by atoms with Gasteiger partial charge in [0.2, 0.25) is 11.7 Å². The molecule has 24 heavy (non-hydrogen) atoms. The fraction of sp³-hybridized carbons (Fsp3) is 0.529. The van der Waals surface area contributed by atoms with Crippen LogP contribution in [0.25, 0.3) is 11.4 Å². The second-order valence-electron chi connectivity index (χ2n) is 6.47. The molecule has 1 aromatic carbocycles. The molecule has 0 spiro atoms. The summed E-state index contributed by atoms with van der Waals surface area (Å²) in [6.07, 6.45) is 0.969. The standard InChI is InChI=1S/C17H25N5O2/c1-13(2)17(3,24)12-18-15(23)10-7-11-22-20-16(19-21-22)14-8-5-4-6-9-14/h4-6,8-9,13,24H,7,10-12H2,1-3H3,(H,18,23). The molecule has 0 aliphatic heterocycles. The van der Waals surface area contributed by atoms with Crippen LogP contribution in [0, 0.1) is 5.92 Å². The van der Waals surface area contributed by atoms with Crippen molar-refractivity contribution in [2.24, 2.45) is 5.92 Å². The van der Waals surface area contributed by atoms with Crippen LogP contribution < -0.4 is 5.32 Å². The zero-order valence-corrected chi connectivity index (χ0v) is 14.4. The third-order valence-electron chi connectivity index (χ3n) is 4.13. The lowest BCUT2D eigenvalue weighted by Gasteiger charge is -2.27. The molecule has 1 heterocycles. The van der Waals surface area contributed by atoms with Crippen molar-refractivity contribution in [3.8, 4) is 11.4 Å². The number of tetrazole rings is 1. The first-order valence-electron chi connectivity index (χ1n) is 8.21. The average molecular weight is 331 g/mol. The highest BCUT2D eigenvalue weighted by atomic mass is 16.3. The minimum absolute atomic E-state index is 0.0774. The number of aromatic nitrogens is 4. The molecule has 1 atom stereocenters. The van der Waals surface area contributed by atoms with Crippen LogP contribution in [0.3, 0.4) is 0 Å². The predicted octanol–water partition coefficient (Wildman–Crippen LogP) is 1.64. The van der Waals surface area contributed by atoms with Crippen LogP contribution in [0.2, 0.25) is 0 Å². The van der Waals surface area contributed by atoms with Gasteiger partial charge in [-0.15, -0.1) is 10.2 Å². The Balaban J connectivity index is 1.75. The number of nitrogens with zero attached hydrogens (tertiary/aromatic N) is 4. The number of carbonyl (C=O) groups excluding carboxylic acids is 1. The maximum Gasteiger partial charge on any atom is 0.220 e. The number of carbonyl (C=O) groups is 1. The van der Waals surface area contributed by atoms with Crippen molar-refractivity contribution < 1.29 is 9.90 Å². The summed E-state index contributed by atoms with van der Waals surface area (Å²) in [5.41, 5.74) is 0.0191. The number of rotatable bonds is 8. The van der Waals surface area contributed by atoms with Gasteiger partial charge in [0, 0.05) is 18.5 Å². The fourth-order valence-corrected chi connectivity index (χ4v) is 1.99. The minimum Gasteiger partial charge on any atom is -0.388 e. The van der Waals surface area contributed by atoms with Gasteiger partial charge in [-0.25, -0.2) is 0 Å². The van der Waals surface area contributed by atoms with E-state index in [2.05, 4.69) is 20.7 Å². The van der Waals surface area contributed by atoms with E-state index in [9.17, 15) is 9.90 Å². The van der Waals surface area contributed by atoms with E-state index in [0.717, 1.165) is 5.56 Å². The van der Waals surface area contributed by atoms with Crippen LogP contribution in [0.15, 0.2) is 30.3 Å². The van der Waals surface area contributed by atoms with Crippen molar-refractivity contribution in [3.05, 3.63) is 30.3 Å². The number of benzene rings is 1. The topological polar surface area (TPSA) is 92.9 Å². The Kier molecular flexibility index (Phi) is 6.03. The fourth-order valence-electron chi connectivity index (χ4n) is 1.99. The quantitative estimate of drug-likeness (QED) is 0.767. The Morgan fingerprint density at radius 2 is 2.04 bits per heavy atom. The lowest BCUT2D eigenvalue weighted by molar-refractivity contribution is -0.122. The van der Waals surface area contributed by atoms with Crippen molar-refractivity contribution >= 4 is 5.91 Å². The zero-order valence-electron chi connectivity index (χ0n) is 14.4. The number of nitrogens with one attached hydrogen (secondary N) is 1. The van der Waals surface area contributed by atoms with Crippen molar-refractivity contribution in [2.45, 2.75) is 45.8 Å². The zero-order chi connectivity index (χ0) is 17.6. The van der Waals surface area contributed by atoms with E-state index in [0.29, 0.717) is 25.2 Å². The van der Waals surface area contributed by atoms with Gasteiger partial charge in [0.15, 0.2) is 0 Å². The molecule has 0 fully saturated rings. The summed E-state index contributed by atoms with van der Waals surface area (Å²) >= 11 is 0. The maximum atomic E-state index is 11.8. The molecule has 0 saturated carbocycles. The smallest absolute Gasteiger partial charge is 0.220 e. The van der Waals surface area contributed by atoms with Gasteiger partial charge in [0.1, 0.15) is 0 Å². The Labute approximate surface area is 142 Å².